The average Bonchev–Trinajstić information content (AvgIpc) is 2.98. The summed E-state index contributed by atoms with van der Waals surface area (Å²) < 4.78 is 33.7. The van der Waals surface area contributed by atoms with Crippen molar-refractivity contribution in [2.75, 3.05) is 12.4 Å². The van der Waals surface area contributed by atoms with Gasteiger partial charge in [0.25, 0.3) is 5.91 Å². The van der Waals surface area contributed by atoms with Crippen LogP contribution in [0.1, 0.15) is 5.56 Å². The summed E-state index contributed by atoms with van der Waals surface area (Å²) in [6.07, 6.45) is -0.246. The molecule has 1 aliphatic rings. The zero-order valence-electron chi connectivity index (χ0n) is 12.9. The number of amides is 1. The predicted octanol–water partition coefficient (Wildman–Crippen LogP) is 1.28. The van der Waals surface area contributed by atoms with Gasteiger partial charge in [-0.15, -0.1) is 0 Å². The number of benzene rings is 2. The Bertz CT molecular complexity index is 870. The minimum absolute atomic E-state index is 0.116. The number of fused-ring (bicyclic) bond motifs is 1. The van der Waals surface area contributed by atoms with E-state index < -0.39 is 22.0 Å². The molecule has 3 N–H and O–H groups in total. The quantitative estimate of drug-likeness (QED) is 0.865. The molecule has 126 valence electrons. The standard InChI is InChI=1S/C16H16N2O5S/c1-22-14-7-6-11(24(17,20)21)9-12(14)18-16(19)15-8-10-4-2-3-5-13(10)23-15/h2-7,9,15H,8H2,1H3,(H,18,19)(H2,17,20,21). The number of carbonyl (C=O) groups excluding carboxylic acids is 1. The molecule has 0 saturated heterocycles. The molecule has 24 heavy (non-hydrogen) atoms. The summed E-state index contributed by atoms with van der Waals surface area (Å²) in [4.78, 5) is 12.3. The summed E-state index contributed by atoms with van der Waals surface area (Å²) >= 11 is 0. The molecule has 0 bridgehead atoms. The van der Waals surface area contributed by atoms with Crippen LogP contribution in [0.25, 0.3) is 0 Å². The van der Waals surface area contributed by atoms with Gasteiger partial charge >= 0.3 is 0 Å². The van der Waals surface area contributed by atoms with Crippen molar-refractivity contribution in [3.63, 3.8) is 0 Å². The van der Waals surface area contributed by atoms with Crippen molar-refractivity contribution in [2.24, 2.45) is 5.14 Å². The summed E-state index contributed by atoms with van der Waals surface area (Å²) in [6, 6.07) is 11.4. The summed E-state index contributed by atoms with van der Waals surface area (Å²) in [5, 5.41) is 7.76. The number of methoxy groups -OCH3 is 1. The Morgan fingerprint density at radius 3 is 2.71 bits per heavy atom. The van der Waals surface area contributed by atoms with Crippen molar-refractivity contribution in [2.45, 2.75) is 17.4 Å². The minimum atomic E-state index is -3.89. The fourth-order valence-corrected chi connectivity index (χ4v) is 3.04. The average molecular weight is 348 g/mol. The zero-order chi connectivity index (χ0) is 17.3. The molecule has 7 nitrogen and oxygen atoms in total. The molecule has 1 unspecified atom stereocenters. The number of ether oxygens (including phenoxy) is 2. The van der Waals surface area contributed by atoms with Crippen LogP contribution in [-0.4, -0.2) is 27.5 Å². The first kappa shape index (κ1) is 16.3. The van der Waals surface area contributed by atoms with E-state index in [0.717, 1.165) is 5.56 Å². The van der Waals surface area contributed by atoms with Gasteiger partial charge in [-0.2, -0.15) is 0 Å². The van der Waals surface area contributed by atoms with Gasteiger partial charge in [0.2, 0.25) is 10.0 Å². The number of anilines is 1. The smallest absolute Gasteiger partial charge is 0.265 e. The van der Waals surface area contributed by atoms with Gasteiger partial charge in [-0.1, -0.05) is 18.2 Å². The minimum Gasteiger partial charge on any atom is -0.495 e. The van der Waals surface area contributed by atoms with E-state index in [0.29, 0.717) is 17.9 Å². The lowest BCUT2D eigenvalue weighted by molar-refractivity contribution is -0.122. The van der Waals surface area contributed by atoms with Crippen LogP contribution in [0.3, 0.4) is 0 Å². The Morgan fingerprint density at radius 2 is 2.04 bits per heavy atom. The van der Waals surface area contributed by atoms with E-state index in [-0.39, 0.29) is 10.6 Å². The SMILES string of the molecule is COc1ccc(S(N)(=O)=O)cc1NC(=O)C1Cc2ccccc2O1. The molecule has 1 amide bonds. The van der Waals surface area contributed by atoms with Gasteiger partial charge in [0, 0.05) is 6.42 Å². The zero-order valence-corrected chi connectivity index (χ0v) is 13.7. The van der Waals surface area contributed by atoms with Crippen molar-refractivity contribution < 1.29 is 22.7 Å². The third-order valence-electron chi connectivity index (χ3n) is 3.70. The molecule has 1 heterocycles. The Morgan fingerprint density at radius 1 is 1.29 bits per heavy atom. The van der Waals surface area contributed by atoms with Gasteiger partial charge in [0.1, 0.15) is 11.5 Å². The second-order valence-corrected chi connectivity index (χ2v) is 6.88. The van der Waals surface area contributed by atoms with Crippen LogP contribution >= 0.6 is 0 Å². The molecule has 0 radical (unpaired) electrons. The number of nitrogens with one attached hydrogen (secondary N) is 1. The van der Waals surface area contributed by atoms with Gasteiger partial charge in [-0.25, -0.2) is 13.6 Å². The Kier molecular flexibility index (Phi) is 4.16. The summed E-state index contributed by atoms with van der Waals surface area (Å²) in [6.45, 7) is 0. The molecule has 2 aromatic carbocycles. The van der Waals surface area contributed by atoms with E-state index in [9.17, 15) is 13.2 Å². The Balaban J connectivity index is 1.82. The molecule has 0 saturated carbocycles. The molecule has 0 aromatic heterocycles. The van der Waals surface area contributed by atoms with Crippen molar-refractivity contribution in [1.82, 2.24) is 0 Å². The first-order chi connectivity index (χ1) is 11.4. The van der Waals surface area contributed by atoms with E-state index in [4.69, 9.17) is 14.6 Å². The maximum Gasteiger partial charge on any atom is 0.265 e. The number of rotatable bonds is 4. The van der Waals surface area contributed by atoms with Crippen molar-refractivity contribution in [3.05, 3.63) is 48.0 Å². The number of carbonyl (C=O) groups is 1. The second-order valence-electron chi connectivity index (χ2n) is 5.31. The molecule has 2 aromatic rings. The molecule has 1 atom stereocenters. The van der Waals surface area contributed by atoms with Crippen molar-refractivity contribution >= 4 is 21.6 Å². The lowest BCUT2D eigenvalue weighted by atomic mass is 10.1. The van der Waals surface area contributed by atoms with Gasteiger partial charge in [0.15, 0.2) is 6.10 Å². The van der Waals surface area contributed by atoms with E-state index in [2.05, 4.69) is 5.32 Å². The maximum atomic E-state index is 12.4. The number of primary sulfonamides is 1. The topological polar surface area (TPSA) is 108 Å². The van der Waals surface area contributed by atoms with Crippen LogP contribution in [0, 0.1) is 0 Å². The molecule has 0 aliphatic carbocycles. The third-order valence-corrected chi connectivity index (χ3v) is 4.61. The highest BCUT2D eigenvalue weighted by Gasteiger charge is 2.29. The predicted molar refractivity (Wildman–Crippen MR) is 87.6 cm³/mol. The lowest BCUT2D eigenvalue weighted by Crippen LogP contribution is -2.31. The summed E-state index contributed by atoms with van der Waals surface area (Å²) in [5.74, 6) is 0.602. The largest absolute Gasteiger partial charge is 0.495 e. The molecule has 1 aliphatic heterocycles. The van der Waals surface area contributed by atoms with Crippen molar-refractivity contribution in [1.29, 1.82) is 0 Å². The molecule has 3 rings (SSSR count). The lowest BCUT2D eigenvalue weighted by Gasteiger charge is -2.14. The Labute approximate surface area is 139 Å². The highest BCUT2D eigenvalue weighted by molar-refractivity contribution is 7.89. The van der Waals surface area contributed by atoms with Gasteiger partial charge < -0.3 is 14.8 Å². The van der Waals surface area contributed by atoms with Gasteiger partial charge in [-0.05, 0) is 29.8 Å². The van der Waals surface area contributed by atoms with Crippen molar-refractivity contribution in [3.8, 4) is 11.5 Å². The van der Waals surface area contributed by atoms with Crippen LogP contribution < -0.4 is 19.9 Å². The molecule has 8 heteroatoms. The maximum absolute atomic E-state index is 12.4. The van der Waals surface area contributed by atoms with Crippen LogP contribution in [0.2, 0.25) is 0 Å². The molecule has 0 fully saturated rings. The van der Waals surface area contributed by atoms with Crippen LogP contribution in [0.5, 0.6) is 11.5 Å². The fourth-order valence-electron chi connectivity index (χ4n) is 2.50. The third kappa shape index (κ3) is 3.19. The number of para-hydroxylation sites is 1. The molecular formula is C16H16N2O5S. The number of nitrogens with two attached hydrogens (primary N) is 1. The van der Waals surface area contributed by atoms with Crippen LogP contribution in [-0.2, 0) is 21.2 Å². The first-order valence-electron chi connectivity index (χ1n) is 7.15. The summed E-state index contributed by atoms with van der Waals surface area (Å²) in [7, 11) is -2.47. The van der Waals surface area contributed by atoms with E-state index >= 15 is 0 Å². The van der Waals surface area contributed by atoms with Crippen LogP contribution in [0.15, 0.2) is 47.4 Å². The first-order valence-corrected chi connectivity index (χ1v) is 8.69. The van der Waals surface area contributed by atoms with Gasteiger partial charge in [-0.3, -0.25) is 4.79 Å². The van der Waals surface area contributed by atoms with Crippen LogP contribution in [0.4, 0.5) is 5.69 Å². The normalized spacial score (nSPS) is 16.2. The fraction of sp³-hybridized carbons (Fsp3) is 0.188. The number of sulfonamides is 1. The number of hydrogen-bond acceptors (Lipinski definition) is 5. The van der Waals surface area contributed by atoms with E-state index in [1.54, 1.807) is 6.07 Å². The molecule has 0 spiro atoms. The number of hydrogen-bond donors (Lipinski definition) is 2. The van der Waals surface area contributed by atoms with Gasteiger partial charge in [0.05, 0.1) is 17.7 Å². The monoisotopic (exact) mass is 348 g/mol. The highest BCUT2D eigenvalue weighted by Crippen LogP contribution is 2.31. The highest BCUT2D eigenvalue weighted by atomic mass is 32.2. The summed E-state index contributed by atoms with van der Waals surface area (Å²) in [5.41, 5.74) is 1.16. The van der Waals surface area contributed by atoms with E-state index in [1.165, 1.54) is 25.3 Å². The van der Waals surface area contributed by atoms with E-state index in [1.807, 2.05) is 18.2 Å². The Hall–Kier alpha value is -2.58. The molecular weight excluding hydrogens is 332 g/mol. The second kappa shape index (κ2) is 6.14.